The first-order valence-electron chi connectivity index (χ1n) is 5.40. The summed E-state index contributed by atoms with van der Waals surface area (Å²) in [4.78, 5) is 4.49. The summed E-state index contributed by atoms with van der Waals surface area (Å²) in [6.45, 7) is 10.8. The summed E-state index contributed by atoms with van der Waals surface area (Å²) < 4.78 is 5.38. The van der Waals surface area contributed by atoms with Crippen LogP contribution in [-0.4, -0.2) is 12.1 Å². The van der Waals surface area contributed by atoms with Crippen molar-refractivity contribution in [3.8, 4) is 5.75 Å². The lowest BCUT2D eigenvalue weighted by Gasteiger charge is -2.21. The van der Waals surface area contributed by atoms with Crippen LogP contribution in [0.5, 0.6) is 5.75 Å². The van der Waals surface area contributed by atoms with Gasteiger partial charge in [0.05, 0.1) is 12.8 Å². The van der Waals surface area contributed by atoms with Crippen LogP contribution in [0.2, 0.25) is 0 Å². The first-order chi connectivity index (χ1) is 6.86. The topological polar surface area (TPSA) is 22.1 Å². The number of rotatable bonds is 2. The molecule has 84 valence electrons. The first kappa shape index (κ1) is 12.0. The third kappa shape index (κ3) is 2.71. The van der Waals surface area contributed by atoms with Crippen molar-refractivity contribution in [1.29, 1.82) is 0 Å². The maximum absolute atomic E-state index is 5.38. The van der Waals surface area contributed by atoms with Crippen LogP contribution in [0.15, 0.2) is 12.3 Å². The van der Waals surface area contributed by atoms with E-state index in [1.54, 1.807) is 7.11 Å². The van der Waals surface area contributed by atoms with E-state index < -0.39 is 0 Å². The third-order valence-electron chi connectivity index (χ3n) is 2.51. The Balaban J connectivity index is 3.19. The van der Waals surface area contributed by atoms with E-state index in [1.807, 2.05) is 6.20 Å². The third-order valence-corrected chi connectivity index (χ3v) is 2.51. The van der Waals surface area contributed by atoms with Crippen LogP contribution in [0.3, 0.4) is 0 Å². The number of aromatic nitrogens is 1. The normalized spacial score (nSPS) is 11.9. The number of ether oxygens (including phenoxy) is 1. The van der Waals surface area contributed by atoms with Gasteiger partial charge < -0.3 is 4.74 Å². The standard InChI is InChI=1S/C13H21NO/c1-9(2)12-11(15-6)7-10(8-14-12)13(3,4)5/h7-9H,1-6H3. The number of hydrogen-bond acceptors (Lipinski definition) is 2. The van der Waals surface area contributed by atoms with E-state index in [4.69, 9.17) is 4.74 Å². The second kappa shape index (κ2) is 4.21. The Hall–Kier alpha value is -1.05. The van der Waals surface area contributed by atoms with Crippen molar-refractivity contribution in [2.45, 2.75) is 46.0 Å². The molecule has 15 heavy (non-hydrogen) atoms. The maximum atomic E-state index is 5.38. The molecule has 2 heteroatoms. The van der Waals surface area contributed by atoms with E-state index in [2.05, 4.69) is 45.7 Å². The van der Waals surface area contributed by atoms with E-state index in [0.717, 1.165) is 11.4 Å². The summed E-state index contributed by atoms with van der Waals surface area (Å²) >= 11 is 0. The maximum Gasteiger partial charge on any atom is 0.140 e. The zero-order valence-electron chi connectivity index (χ0n) is 10.6. The fraction of sp³-hybridized carbons (Fsp3) is 0.615. The van der Waals surface area contributed by atoms with Crippen molar-refractivity contribution < 1.29 is 4.74 Å². The molecule has 1 rings (SSSR count). The lowest BCUT2D eigenvalue weighted by Crippen LogP contribution is -2.12. The average molecular weight is 207 g/mol. The Morgan fingerprint density at radius 2 is 1.87 bits per heavy atom. The molecule has 0 aliphatic rings. The van der Waals surface area contributed by atoms with Crippen molar-refractivity contribution in [3.63, 3.8) is 0 Å². The van der Waals surface area contributed by atoms with Crippen molar-refractivity contribution in [2.75, 3.05) is 7.11 Å². The monoisotopic (exact) mass is 207 g/mol. The molecule has 1 heterocycles. The van der Waals surface area contributed by atoms with Gasteiger partial charge in [-0.1, -0.05) is 34.6 Å². The van der Waals surface area contributed by atoms with Crippen molar-refractivity contribution >= 4 is 0 Å². The molecular formula is C13H21NO. The molecule has 0 amide bonds. The summed E-state index contributed by atoms with van der Waals surface area (Å²) in [7, 11) is 1.70. The van der Waals surface area contributed by atoms with Crippen LogP contribution in [-0.2, 0) is 5.41 Å². The Kier molecular flexibility index (Phi) is 3.38. The molecule has 0 spiro atoms. The van der Waals surface area contributed by atoms with Crippen LogP contribution in [0.4, 0.5) is 0 Å². The van der Waals surface area contributed by atoms with Gasteiger partial charge in [0.25, 0.3) is 0 Å². The zero-order chi connectivity index (χ0) is 11.6. The van der Waals surface area contributed by atoms with Gasteiger partial charge in [-0.15, -0.1) is 0 Å². The Labute approximate surface area is 92.7 Å². The molecule has 0 aliphatic heterocycles. The summed E-state index contributed by atoms with van der Waals surface area (Å²) in [6.07, 6.45) is 1.96. The van der Waals surface area contributed by atoms with Gasteiger partial charge in [0.2, 0.25) is 0 Å². The van der Waals surface area contributed by atoms with E-state index in [9.17, 15) is 0 Å². The Morgan fingerprint density at radius 1 is 1.27 bits per heavy atom. The quantitative estimate of drug-likeness (QED) is 0.740. The van der Waals surface area contributed by atoms with Gasteiger partial charge >= 0.3 is 0 Å². The highest BCUT2D eigenvalue weighted by atomic mass is 16.5. The molecule has 0 N–H and O–H groups in total. The molecule has 0 saturated carbocycles. The smallest absolute Gasteiger partial charge is 0.140 e. The van der Waals surface area contributed by atoms with Crippen LogP contribution in [0, 0.1) is 0 Å². The lowest BCUT2D eigenvalue weighted by atomic mass is 9.87. The molecule has 0 aliphatic carbocycles. The van der Waals surface area contributed by atoms with Crippen LogP contribution in [0.25, 0.3) is 0 Å². The van der Waals surface area contributed by atoms with Gasteiger partial charge in [-0.25, -0.2) is 0 Å². The van der Waals surface area contributed by atoms with E-state index >= 15 is 0 Å². The average Bonchev–Trinajstić information content (AvgIpc) is 2.15. The molecule has 0 unspecified atom stereocenters. The minimum Gasteiger partial charge on any atom is -0.495 e. The molecule has 1 aromatic rings. The largest absolute Gasteiger partial charge is 0.495 e. The van der Waals surface area contributed by atoms with Gasteiger partial charge in [0, 0.05) is 6.20 Å². The van der Waals surface area contributed by atoms with Crippen molar-refractivity contribution in [3.05, 3.63) is 23.5 Å². The highest BCUT2D eigenvalue weighted by Crippen LogP contribution is 2.29. The minimum absolute atomic E-state index is 0.121. The van der Waals surface area contributed by atoms with E-state index in [-0.39, 0.29) is 5.41 Å². The van der Waals surface area contributed by atoms with Gasteiger partial charge in [-0.2, -0.15) is 0 Å². The SMILES string of the molecule is COc1cc(C(C)(C)C)cnc1C(C)C. The fourth-order valence-electron chi connectivity index (χ4n) is 1.46. The van der Waals surface area contributed by atoms with E-state index in [1.165, 1.54) is 5.56 Å². The van der Waals surface area contributed by atoms with Gasteiger partial charge in [-0.05, 0) is 23.0 Å². The zero-order valence-corrected chi connectivity index (χ0v) is 10.6. The van der Waals surface area contributed by atoms with Crippen LogP contribution < -0.4 is 4.74 Å². The highest BCUT2D eigenvalue weighted by molar-refractivity contribution is 5.36. The molecular weight excluding hydrogens is 186 g/mol. The molecule has 0 saturated heterocycles. The molecule has 0 bridgehead atoms. The summed E-state index contributed by atoms with van der Waals surface area (Å²) in [5.41, 5.74) is 2.37. The molecule has 0 atom stereocenters. The summed E-state index contributed by atoms with van der Waals surface area (Å²) in [5, 5.41) is 0. The molecule has 1 aromatic heterocycles. The summed E-state index contributed by atoms with van der Waals surface area (Å²) in [6, 6.07) is 2.10. The highest BCUT2D eigenvalue weighted by Gasteiger charge is 2.17. The number of nitrogens with zero attached hydrogens (tertiary/aromatic N) is 1. The van der Waals surface area contributed by atoms with E-state index in [0.29, 0.717) is 5.92 Å². The lowest BCUT2D eigenvalue weighted by molar-refractivity contribution is 0.401. The first-order valence-corrected chi connectivity index (χ1v) is 5.40. The summed E-state index contributed by atoms with van der Waals surface area (Å²) in [5.74, 6) is 1.30. The Bertz CT molecular complexity index is 337. The van der Waals surface area contributed by atoms with Gasteiger partial charge in [-0.3, -0.25) is 4.98 Å². The Morgan fingerprint density at radius 3 is 2.27 bits per heavy atom. The number of hydrogen-bond donors (Lipinski definition) is 0. The fourth-order valence-corrected chi connectivity index (χ4v) is 1.46. The predicted octanol–water partition coefficient (Wildman–Crippen LogP) is 3.51. The minimum atomic E-state index is 0.121. The molecule has 2 nitrogen and oxygen atoms in total. The number of pyridine rings is 1. The molecule has 0 aromatic carbocycles. The molecule has 0 fully saturated rings. The van der Waals surface area contributed by atoms with Gasteiger partial charge in [0.1, 0.15) is 5.75 Å². The molecule has 0 radical (unpaired) electrons. The van der Waals surface area contributed by atoms with Crippen molar-refractivity contribution in [1.82, 2.24) is 4.98 Å². The second-order valence-corrected chi connectivity index (χ2v) is 5.22. The predicted molar refractivity (Wildman–Crippen MR) is 63.6 cm³/mol. The van der Waals surface area contributed by atoms with Crippen molar-refractivity contribution in [2.24, 2.45) is 0 Å². The van der Waals surface area contributed by atoms with Gasteiger partial charge in [0.15, 0.2) is 0 Å². The van der Waals surface area contributed by atoms with Crippen LogP contribution >= 0.6 is 0 Å². The van der Waals surface area contributed by atoms with Crippen LogP contribution in [0.1, 0.15) is 51.8 Å². The number of methoxy groups -OCH3 is 1. The second-order valence-electron chi connectivity index (χ2n) is 5.22.